The Kier molecular flexibility index (Phi) is 8.07. The summed E-state index contributed by atoms with van der Waals surface area (Å²) in [6.45, 7) is 6.14. The molecule has 1 N–H and O–H groups in total. The van der Waals surface area contributed by atoms with Gasteiger partial charge in [-0.2, -0.15) is 5.26 Å². The van der Waals surface area contributed by atoms with Crippen molar-refractivity contribution in [1.82, 2.24) is 10.2 Å². The zero-order valence-electron chi connectivity index (χ0n) is 16.2. The number of carbonyl (C=O) groups is 2. The van der Waals surface area contributed by atoms with E-state index in [1.165, 1.54) is 12.0 Å². The van der Waals surface area contributed by atoms with Crippen molar-refractivity contribution in [2.75, 3.05) is 38.7 Å². The van der Waals surface area contributed by atoms with Gasteiger partial charge in [0.1, 0.15) is 5.75 Å². The van der Waals surface area contributed by atoms with Crippen molar-refractivity contribution in [3.8, 4) is 11.8 Å². The molecule has 142 valence electrons. The molecule has 1 aromatic carbocycles. The third kappa shape index (κ3) is 7.11. The Morgan fingerprint density at radius 1 is 1.23 bits per heavy atom. The van der Waals surface area contributed by atoms with Crippen LogP contribution in [-0.4, -0.2) is 56.0 Å². The second kappa shape index (κ2) is 9.78. The van der Waals surface area contributed by atoms with Crippen LogP contribution in [0.2, 0.25) is 0 Å². The van der Waals surface area contributed by atoms with Crippen LogP contribution in [0.1, 0.15) is 27.2 Å². The standard InChI is InChI=1S/C19H28N4O3/c1-19(2,3)21-17(24)13-22(4)14-18(25)23(12-8-11-20)15-9-6-7-10-16(15)26-5/h6-7,9-10H,8,12-14H2,1-5H3,(H,21,24). The number of anilines is 1. The Bertz CT molecular complexity index is 661. The molecule has 0 aliphatic heterocycles. The molecule has 0 saturated heterocycles. The van der Waals surface area contributed by atoms with Crippen molar-refractivity contribution < 1.29 is 14.3 Å². The molecule has 0 bridgehead atoms. The average Bonchev–Trinajstić information content (AvgIpc) is 2.53. The molecule has 7 nitrogen and oxygen atoms in total. The fourth-order valence-corrected chi connectivity index (χ4v) is 2.47. The second-order valence-electron chi connectivity index (χ2n) is 7.10. The monoisotopic (exact) mass is 360 g/mol. The molecular formula is C19H28N4O3. The number of likely N-dealkylation sites (N-methyl/N-ethyl adjacent to an activating group) is 1. The summed E-state index contributed by atoms with van der Waals surface area (Å²) in [5, 5.41) is 11.8. The smallest absolute Gasteiger partial charge is 0.241 e. The SMILES string of the molecule is COc1ccccc1N(CCC#N)C(=O)CN(C)CC(=O)NC(C)(C)C. The molecule has 0 saturated carbocycles. The van der Waals surface area contributed by atoms with Crippen LogP contribution in [-0.2, 0) is 9.59 Å². The summed E-state index contributed by atoms with van der Waals surface area (Å²) in [6, 6.07) is 9.23. The van der Waals surface area contributed by atoms with Gasteiger partial charge in [0.25, 0.3) is 0 Å². The van der Waals surface area contributed by atoms with Crippen molar-refractivity contribution >= 4 is 17.5 Å². The number of methoxy groups -OCH3 is 1. The largest absolute Gasteiger partial charge is 0.495 e. The molecule has 0 aromatic heterocycles. The molecule has 26 heavy (non-hydrogen) atoms. The molecule has 0 aliphatic carbocycles. The van der Waals surface area contributed by atoms with Crippen LogP contribution in [0.3, 0.4) is 0 Å². The van der Waals surface area contributed by atoms with Gasteiger partial charge in [0.15, 0.2) is 0 Å². The molecule has 0 fully saturated rings. The van der Waals surface area contributed by atoms with Gasteiger partial charge < -0.3 is 15.0 Å². The highest BCUT2D eigenvalue weighted by Crippen LogP contribution is 2.28. The van der Waals surface area contributed by atoms with Gasteiger partial charge in [0.05, 0.1) is 38.4 Å². The molecule has 2 amide bonds. The third-order valence-electron chi connectivity index (χ3n) is 3.46. The van der Waals surface area contributed by atoms with Crippen molar-refractivity contribution in [1.29, 1.82) is 5.26 Å². The van der Waals surface area contributed by atoms with E-state index >= 15 is 0 Å². The van der Waals surface area contributed by atoms with Crippen molar-refractivity contribution in [3.05, 3.63) is 24.3 Å². The zero-order chi connectivity index (χ0) is 19.7. The van der Waals surface area contributed by atoms with E-state index in [1.807, 2.05) is 32.9 Å². The van der Waals surface area contributed by atoms with E-state index in [2.05, 4.69) is 11.4 Å². The molecule has 0 radical (unpaired) electrons. The van der Waals surface area contributed by atoms with Crippen LogP contribution in [0.4, 0.5) is 5.69 Å². The summed E-state index contributed by atoms with van der Waals surface area (Å²) in [7, 11) is 3.25. The lowest BCUT2D eigenvalue weighted by molar-refractivity contribution is -0.124. The van der Waals surface area contributed by atoms with E-state index in [4.69, 9.17) is 10.00 Å². The van der Waals surface area contributed by atoms with E-state index < -0.39 is 0 Å². The second-order valence-corrected chi connectivity index (χ2v) is 7.10. The van der Waals surface area contributed by atoms with E-state index in [0.717, 1.165) is 0 Å². The van der Waals surface area contributed by atoms with Crippen LogP contribution < -0.4 is 15.0 Å². The first kappa shape index (κ1) is 21.5. The van der Waals surface area contributed by atoms with Crippen LogP contribution in [0.25, 0.3) is 0 Å². The molecule has 1 aromatic rings. The topological polar surface area (TPSA) is 85.7 Å². The fraction of sp³-hybridized carbons (Fsp3) is 0.526. The van der Waals surface area contributed by atoms with Gasteiger partial charge in [-0.3, -0.25) is 14.5 Å². The molecule has 1 rings (SSSR count). The van der Waals surface area contributed by atoms with Gasteiger partial charge in [0.2, 0.25) is 11.8 Å². The van der Waals surface area contributed by atoms with Gasteiger partial charge in [-0.1, -0.05) is 12.1 Å². The Balaban J connectivity index is 2.83. The summed E-state index contributed by atoms with van der Waals surface area (Å²) >= 11 is 0. The van der Waals surface area contributed by atoms with Gasteiger partial charge in [-0.15, -0.1) is 0 Å². The van der Waals surface area contributed by atoms with Crippen LogP contribution >= 0.6 is 0 Å². The van der Waals surface area contributed by atoms with Crippen LogP contribution in [0, 0.1) is 11.3 Å². The average molecular weight is 360 g/mol. The number of hydrogen-bond donors (Lipinski definition) is 1. The van der Waals surface area contributed by atoms with E-state index in [9.17, 15) is 9.59 Å². The maximum atomic E-state index is 12.8. The summed E-state index contributed by atoms with van der Waals surface area (Å²) < 4.78 is 5.33. The number of nitrogens with one attached hydrogen (secondary N) is 1. The minimum absolute atomic E-state index is 0.0566. The number of para-hydroxylation sites is 2. The number of nitriles is 1. The van der Waals surface area contributed by atoms with E-state index in [1.54, 1.807) is 24.1 Å². The van der Waals surface area contributed by atoms with Crippen molar-refractivity contribution in [2.45, 2.75) is 32.7 Å². The number of nitrogens with zero attached hydrogens (tertiary/aromatic N) is 3. The van der Waals surface area contributed by atoms with Crippen molar-refractivity contribution in [2.24, 2.45) is 0 Å². The van der Waals surface area contributed by atoms with Crippen molar-refractivity contribution in [3.63, 3.8) is 0 Å². The lowest BCUT2D eigenvalue weighted by atomic mass is 10.1. The molecule has 0 unspecified atom stereocenters. The van der Waals surface area contributed by atoms with E-state index in [-0.39, 0.29) is 43.4 Å². The third-order valence-corrected chi connectivity index (χ3v) is 3.46. The van der Waals surface area contributed by atoms with Gasteiger partial charge in [-0.25, -0.2) is 0 Å². The molecule has 0 aliphatic rings. The van der Waals surface area contributed by atoms with Gasteiger partial charge >= 0.3 is 0 Å². The van der Waals surface area contributed by atoms with Crippen LogP contribution in [0.5, 0.6) is 5.75 Å². The molecule has 7 heteroatoms. The first-order valence-corrected chi connectivity index (χ1v) is 8.48. The predicted molar refractivity (Wildman–Crippen MR) is 101 cm³/mol. The Labute approximate surface area is 155 Å². The first-order chi connectivity index (χ1) is 12.2. The lowest BCUT2D eigenvalue weighted by Gasteiger charge is -2.27. The Morgan fingerprint density at radius 3 is 2.46 bits per heavy atom. The molecule has 0 spiro atoms. The number of carbonyl (C=O) groups excluding carboxylic acids is 2. The minimum Gasteiger partial charge on any atom is -0.495 e. The van der Waals surface area contributed by atoms with E-state index in [0.29, 0.717) is 11.4 Å². The molecular weight excluding hydrogens is 332 g/mol. The molecule has 0 atom stereocenters. The number of ether oxygens (including phenoxy) is 1. The van der Waals surface area contributed by atoms with Gasteiger partial charge in [0, 0.05) is 12.1 Å². The summed E-state index contributed by atoms with van der Waals surface area (Å²) in [4.78, 5) is 28.0. The maximum Gasteiger partial charge on any atom is 0.241 e. The summed E-state index contributed by atoms with van der Waals surface area (Å²) in [5.74, 6) is 0.219. The Hall–Kier alpha value is -2.59. The zero-order valence-corrected chi connectivity index (χ0v) is 16.2. The maximum absolute atomic E-state index is 12.8. The predicted octanol–water partition coefficient (Wildman–Crippen LogP) is 1.79. The number of rotatable bonds is 8. The minimum atomic E-state index is -0.321. The quantitative estimate of drug-likeness (QED) is 0.764. The fourth-order valence-electron chi connectivity index (χ4n) is 2.47. The van der Waals surface area contributed by atoms with Crippen LogP contribution in [0.15, 0.2) is 24.3 Å². The summed E-state index contributed by atoms with van der Waals surface area (Å²) in [6.07, 6.45) is 0.206. The molecule has 0 heterocycles. The highest BCUT2D eigenvalue weighted by atomic mass is 16.5. The highest BCUT2D eigenvalue weighted by Gasteiger charge is 2.22. The highest BCUT2D eigenvalue weighted by molar-refractivity contribution is 5.96. The normalized spacial score (nSPS) is 11.0. The Morgan fingerprint density at radius 2 is 1.88 bits per heavy atom. The lowest BCUT2D eigenvalue weighted by Crippen LogP contribution is -2.47. The first-order valence-electron chi connectivity index (χ1n) is 8.48. The number of amides is 2. The van der Waals surface area contributed by atoms with Gasteiger partial charge in [-0.05, 0) is 40.0 Å². The number of benzene rings is 1. The number of hydrogen-bond acceptors (Lipinski definition) is 5. The summed E-state index contributed by atoms with van der Waals surface area (Å²) in [5.41, 5.74) is 0.292.